The van der Waals surface area contributed by atoms with Crippen LogP contribution >= 0.6 is 24.0 Å². The van der Waals surface area contributed by atoms with Gasteiger partial charge in [0.1, 0.15) is 0 Å². The van der Waals surface area contributed by atoms with E-state index in [2.05, 4.69) is 22.0 Å². The summed E-state index contributed by atoms with van der Waals surface area (Å²) < 4.78 is 34.4. The lowest BCUT2D eigenvalue weighted by molar-refractivity contribution is -0.0512. The van der Waals surface area contributed by atoms with Crippen LogP contribution in [0.25, 0.3) is 0 Å². The van der Waals surface area contributed by atoms with E-state index in [4.69, 9.17) is 4.74 Å². The summed E-state index contributed by atoms with van der Waals surface area (Å²) in [6.45, 7) is 0.594. The van der Waals surface area contributed by atoms with Gasteiger partial charge < -0.3 is 19.7 Å². The first kappa shape index (κ1) is 22.7. The molecule has 0 aromatic heterocycles. The Hall–Kier alpha value is -1.32. The molecule has 24 heavy (non-hydrogen) atoms. The van der Waals surface area contributed by atoms with Gasteiger partial charge in [0.25, 0.3) is 0 Å². The third-order valence-electron chi connectivity index (χ3n) is 3.32. The minimum atomic E-state index is -2.89. The SMILES string of the molecule is CCCCN(C)C(=NC)NCc1ccc(OC)c(OC(F)F)c1.I. The highest BCUT2D eigenvalue weighted by Gasteiger charge is 2.12. The van der Waals surface area contributed by atoms with E-state index in [0.29, 0.717) is 6.54 Å². The molecule has 1 aromatic rings. The molecule has 0 saturated heterocycles. The molecule has 0 amide bonds. The fourth-order valence-electron chi connectivity index (χ4n) is 2.09. The van der Waals surface area contributed by atoms with Crippen LogP contribution in [0.3, 0.4) is 0 Å². The molecule has 0 aliphatic heterocycles. The predicted octanol–water partition coefficient (Wildman–Crippen LogP) is 3.72. The average molecular weight is 457 g/mol. The van der Waals surface area contributed by atoms with Crippen LogP contribution in [0.15, 0.2) is 23.2 Å². The van der Waals surface area contributed by atoms with Gasteiger partial charge in [-0.1, -0.05) is 19.4 Å². The quantitative estimate of drug-likeness (QED) is 0.367. The lowest BCUT2D eigenvalue weighted by Crippen LogP contribution is -2.38. The summed E-state index contributed by atoms with van der Waals surface area (Å²) in [4.78, 5) is 6.25. The Morgan fingerprint density at radius 3 is 2.58 bits per heavy atom. The van der Waals surface area contributed by atoms with Crippen LogP contribution in [0.4, 0.5) is 8.78 Å². The number of benzene rings is 1. The second-order valence-electron chi connectivity index (χ2n) is 5.04. The average Bonchev–Trinajstić information content (AvgIpc) is 2.53. The first-order valence-electron chi connectivity index (χ1n) is 7.55. The molecule has 0 saturated carbocycles. The van der Waals surface area contributed by atoms with E-state index < -0.39 is 6.61 Å². The molecular formula is C16H26F2IN3O2. The predicted molar refractivity (Wildman–Crippen MR) is 103 cm³/mol. The molecule has 0 aliphatic carbocycles. The zero-order chi connectivity index (χ0) is 17.2. The molecule has 1 N–H and O–H groups in total. The van der Waals surface area contributed by atoms with Gasteiger partial charge >= 0.3 is 6.61 Å². The smallest absolute Gasteiger partial charge is 0.387 e. The minimum absolute atomic E-state index is 0. The highest BCUT2D eigenvalue weighted by molar-refractivity contribution is 14.0. The maximum Gasteiger partial charge on any atom is 0.387 e. The van der Waals surface area contributed by atoms with E-state index in [9.17, 15) is 8.78 Å². The fourth-order valence-corrected chi connectivity index (χ4v) is 2.09. The lowest BCUT2D eigenvalue weighted by Gasteiger charge is -2.22. The maximum absolute atomic E-state index is 12.4. The number of methoxy groups -OCH3 is 1. The number of hydrogen-bond donors (Lipinski definition) is 1. The molecule has 0 bridgehead atoms. The zero-order valence-corrected chi connectivity index (χ0v) is 16.8. The minimum Gasteiger partial charge on any atom is -0.493 e. The summed E-state index contributed by atoms with van der Waals surface area (Å²) in [6.07, 6.45) is 2.18. The van der Waals surface area contributed by atoms with Crippen molar-refractivity contribution in [3.8, 4) is 11.5 Å². The first-order chi connectivity index (χ1) is 11.0. The molecule has 0 spiro atoms. The Bertz CT molecular complexity index is 516. The van der Waals surface area contributed by atoms with E-state index in [-0.39, 0.29) is 35.5 Å². The summed E-state index contributed by atoms with van der Waals surface area (Å²) in [6, 6.07) is 4.94. The number of alkyl halides is 2. The summed E-state index contributed by atoms with van der Waals surface area (Å²) in [5, 5.41) is 3.20. The second kappa shape index (κ2) is 12.1. The molecule has 1 aromatic carbocycles. The van der Waals surface area contributed by atoms with E-state index in [1.165, 1.54) is 13.2 Å². The van der Waals surface area contributed by atoms with Crippen molar-refractivity contribution in [2.75, 3.05) is 27.7 Å². The van der Waals surface area contributed by atoms with Crippen molar-refractivity contribution in [3.05, 3.63) is 23.8 Å². The van der Waals surface area contributed by atoms with Gasteiger partial charge in [-0.2, -0.15) is 8.78 Å². The molecule has 0 radical (unpaired) electrons. The molecule has 1 rings (SSSR count). The molecule has 0 aliphatic rings. The lowest BCUT2D eigenvalue weighted by atomic mass is 10.2. The van der Waals surface area contributed by atoms with Crippen LogP contribution in [-0.2, 0) is 6.54 Å². The Morgan fingerprint density at radius 2 is 2.04 bits per heavy atom. The normalized spacial score (nSPS) is 11.0. The molecule has 0 fully saturated rings. The summed E-state index contributed by atoms with van der Waals surface area (Å²) in [5.41, 5.74) is 0.798. The van der Waals surface area contributed by atoms with Crippen molar-refractivity contribution in [1.29, 1.82) is 0 Å². The van der Waals surface area contributed by atoms with Gasteiger partial charge in [-0.05, 0) is 24.1 Å². The molecule has 0 unspecified atom stereocenters. The van der Waals surface area contributed by atoms with Crippen LogP contribution < -0.4 is 14.8 Å². The third-order valence-corrected chi connectivity index (χ3v) is 3.32. The van der Waals surface area contributed by atoms with Crippen LogP contribution in [0.5, 0.6) is 11.5 Å². The number of hydrogen-bond acceptors (Lipinski definition) is 3. The first-order valence-corrected chi connectivity index (χ1v) is 7.55. The monoisotopic (exact) mass is 457 g/mol. The number of ether oxygens (including phenoxy) is 2. The van der Waals surface area contributed by atoms with E-state index in [1.54, 1.807) is 19.2 Å². The highest BCUT2D eigenvalue weighted by atomic mass is 127. The van der Waals surface area contributed by atoms with Gasteiger partial charge in [-0.3, -0.25) is 4.99 Å². The summed E-state index contributed by atoms with van der Waals surface area (Å²) in [7, 11) is 5.09. The van der Waals surface area contributed by atoms with Crippen LogP contribution in [0, 0.1) is 0 Å². The molecular weight excluding hydrogens is 431 g/mol. The second-order valence-corrected chi connectivity index (χ2v) is 5.04. The Balaban J connectivity index is 0.00000529. The van der Waals surface area contributed by atoms with Gasteiger partial charge in [-0.25, -0.2) is 0 Å². The topological polar surface area (TPSA) is 46.1 Å². The van der Waals surface area contributed by atoms with Crippen LogP contribution in [-0.4, -0.2) is 45.2 Å². The van der Waals surface area contributed by atoms with E-state index in [0.717, 1.165) is 30.9 Å². The maximum atomic E-state index is 12.4. The zero-order valence-electron chi connectivity index (χ0n) is 14.5. The van der Waals surface area contributed by atoms with Crippen molar-refractivity contribution >= 4 is 29.9 Å². The number of aliphatic imine (C=N–C) groups is 1. The number of nitrogens with zero attached hydrogens (tertiary/aromatic N) is 2. The van der Waals surface area contributed by atoms with Crippen LogP contribution in [0.1, 0.15) is 25.3 Å². The van der Waals surface area contributed by atoms with Crippen molar-refractivity contribution < 1.29 is 18.3 Å². The summed E-state index contributed by atoms with van der Waals surface area (Å²) in [5.74, 6) is 1.06. The number of rotatable bonds is 8. The Labute approximate surface area is 159 Å². The van der Waals surface area contributed by atoms with Crippen LogP contribution in [0.2, 0.25) is 0 Å². The number of nitrogens with one attached hydrogen (secondary N) is 1. The van der Waals surface area contributed by atoms with Gasteiger partial charge in [0.2, 0.25) is 0 Å². The van der Waals surface area contributed by atoms with Crippen molar-refractivity contribution in [1.82, 2.24) is 10.2 Å². The largest absolute Gasteiger partial charge is 0.493 e. The number of unbranched alkanes of at least 4 members (excludes halogenated alkanes) is 1. The Kier molecular flexibility index (Phi) is 11.4. The van der Waals surface area contributed by atoms with Gasteiger partial charge in [0, 0.05) is 27.2 Å². The van der Waals surface area contributed by atoms with Gasteiger partial charge in [0.05, 0.1) is 7.11 Å². The van der Waals surface area contributed by atoms with Crippen molar-refractivity contribution in [2.24, 2.45) is 4.99 Å². The van der Waals surface area contributed by atoms with Crippen molar-refractivity contribution in [2.45, 2.75) is 32.9 Å². The van der Waals surface area contributed by atoms with Crippen molar-refractivity contribution in [3.63, 3.8) is 0 Å². The third kappa shape index (κ3) is 7.50. The summed E-state index contributed by atoms with van der Waals surface area (Å²) >= 11 is 0. The van der Waals surface area contributed by atoms with E-state index >= 15 is 0 Å². The molecule has 0 heterocycles. The fraction of sp³-hybridized carbons (Fsp3) is 0.562. The molecule has 138 valence electrons. The van der Waals surface area contributed by atoms with Gasteiger partial charge in [-0.15, -0.1) is 24.0 Å². The number of halogens is 3. The molecule has 0 atom stereocenters. The van der Waals surface area contributed by atoms with E-state index in [1.807, 2.05) is 11.9 Å². The molecule has 5 nitrogen and oxygen atoms in total. The Morgan fingerprint density at radius 1 is 1.33 bits per heavy atom. The highest BCUT2D eigenvalue weighted by Crippen LogP contribution is 2.29. The standard InChI is InChI=1S/C16H25F2N3O2.HI/c1-5-6-9-21(3)16(19-2)20-11-12-7-8-13(22-4)14(10-12)23-15(17)18;/h7-8,10,15H,5-6,9,11H2,1-4H3,(H,19,20);1H. The number of guanidine groups is 1. The van der Waals surface area contributed by atoms with Gasteiger partial charge in [0.15, 0.2) is 17.5 Å². The molecule has 8 heteroatoms.